The van der Waals surface area contributed by atoms with Crippen molar-refractivity contribution in [1.82, 2.24) is 0 Å². The first-order valence-electron chi connectivity index (χ1n) is 5.83. The second kappa shape index (κ2) is 6.72. The summed E-state index contributed by atoms with van der Waals surface area (Å²) in [6.45, 7) is 3.69. The summed E-state index contributed by atoms with van der Waals surface area (Å²) in [7, 11) is 0. The van der Waals surface area contributed by atoms with E-state index in [0.29, 0.717) is 0 Å². The minimum absolute atomic E-state index is 0.00544. The van der Waals surface area contributed by atoms with Crippen molar-refractivity contribution in [3.63, 3.8) is 0 Å². The molecule has 0 aromatic heterocycles. The largest absolute Gasteiger partial charge is 0.481 e. The van der Waals surface area contributed by atoms with Crippen molar-refractivity contribution in [2.45, 2.75) is 44.4 Å². The highest BCUT2D eigenvalue weighted by Gasteiger charge is 2.44. The molecule has 1 heterocycles. The van der Waals surface area contributed by atoms with Gasteiger partial charge in [-0.2, -0.15) is 0 Å². The van der Waals surface area contributed by atoms with Crippen molar-refractivity contribution in [1.29, 1.82) is 0 Å². The highest BCUT2D eigenvalue weighted by molar-refractivity contribution is 7.99. The molecule has 4 N–H and O–H groups in total. The summed E-state index contributed by atoms with van der Waals surface area (Å²) in [4.78, 5) is 10.4. The van der Waals surface area contributed by atoms with Crippen LogP contribution >= 0.6 is 11.8 Å². The molecular formula is C11H20O6S. The lowest BCUT2D eigenvalue weighted by Crippen LogP contribution is -2.59. The Bertz CT molecular complexity index is 285. The summed E-state index contributed by atoms with van der Waals surface area (Å²) in [6.07, 6.45) is -4.81. The molecule has 1 aliphatic rings. The third kappa shape index (κ3) is 3.83. The number of hydrogen-bond donors (Lipinski definition) is 4. The molecule has 0 aromatic rings. The van der Waals surface area contributed by atoms with E-state index in [1.54, 1.807) is 0 Å². The summed E-state index contributed by atoms with van der Waals surface area (Å²) in [6, 6.07) is 0. The van der Waals surface area contributed by atoms with Gasteiger partial charge >= 0.3 is 5.97 Å². The molecule has 5 atom stereocenters. The van der Waals surface area contributed by atoms with Crippen molar-refractivity contribution in [3.8, 4) is 0 Å². The van der Waals surface area contributed by atoms with Crippen LogP contribution in [0.4, 0.5) is 0 Å². The van der Waals surface area contributed by atoms with E-state index in [1.807, 2.05) is 13.8 Å². The zero-order chi connectivity index (χ0) is 13.9. The van der Waals surface area contributed by atoms with E-state index in [4.69, 9.17) is 9.84 Å². The Hall–Kier alpha value is -0.340. The predicted octanol–water partition coefficient (Wildman–Crippen LogP) is -0.690. The fourth-order valence-electron chi connectivity index (χ4n) is 1.93. The van der Waals surface area contributed by atoms with Crippen LogP contribution in [-0.2, 0) is 9.53 Å². The number of hydrogen-bond acceptors (Lipinski definition) is 6. The number of aliphatic hydroxyl groups excluding tert-OH is 3. The number of rotatable bonds is 5. The normalized spacial score (nSPS) is 36.9. The van der Waals surface area contributed by atoms with E-state index < -0.39 is 36.5 Å². The Morgan fingerprint density at radius 3 is 2.33 bits per heavy atom. The SMILES string of the molecule is CC(C)[C@@H]1O[C@H](CSCC(=O)O)[C@@H](O)[C@H](O)[C@H]1O. The summed E-state index contributed by atoms with van der Waals surface area (Å²) < 4.78 is 5.55. The van der Waals surface area contributed by atoms with Crippen LogP contribution in [0.25, 0.3) is 0 Å². The summed E-state index contributed by atoms with van der Waals surface area (Å²) in [5, 5.41) is 37.8. The summed E-state index contributed by atoms with van der Waals surface area (Å²) >= 11 is 1.11. The third-order valence-electron chi connectivity index (χ3n) is 2.91. The quantitative estimate of drug-likeness (QED) is 0.528. The second-order valence-corrected chi connectivity index (χ2v) is 5.79. The number of thioether (sulfide) groups is 1. The molecule has 0 radical (unpaired) electrons. The average molecular weight is 280 g/mol. The third-order valence-corrected chi connectivity index (χ3v) is 3.93. The maximum Gasteiger partial charge on any atom is 0.313 e. The van der Waals surface area contributed by atoms with Gasteiger partial charge in [-0.15, -0.1) is 11.8 Å². The summed E-state index contributed by atoms with van der Waals surface area (Å²) in [5.41, 5.74) is 0. The van der Waals surface area contributed by atoms with Gasteiger partial charge < -0.3 is 25.2 Å². The molecule has 1 saturated heterocycles. The Morgan fingerprint density at radius 2 is 1.83 bits per heavy atom. The molecule has 0 unspecified atom stereocenters. The molecule has 1 fully saturated rings. The van der Waals surface area contributed by atoms with Gasteiger partial charge in [-0.25, -0.2) is 0 Å². The van der Waals surface area contributed by atoms with E-state index in [9.17, 15) is 20.1 Å². The van der Waals surface area contributed by atoms with Gasteiger partial charge in [0.1, 0.15) is 18.3 Å². The number of carbonyl (C=O) groups is 1. The van der Waals surface area contributed by atoms with Gasteiger partial charge in [0.25, 0.3) is 0 Å². The maximum atomic E-state index is 10.4. The molecule has 6 nitrogen and oxygen atoms in total. The lowest BCUT2D eigenvalue weighted by atomic mass is 9.90. The van der Waals surface area contributed by atoms with Crippen molar-refractivity contribution in [2.24, 2.45) is 5.92 Å². The second-order valence-electron chi connectivity index (χ2n) is 4.76. The number of ether oxygens (including phenoxy) is 1. The Balaban J connectivity index is 2.58. The van der Waals surface area contributed by atoms with Crippen LogP contribution in [0.15, 0.2) is 0 Å². The molecule has 1 aliphatic heterocycles. The van der Waals surface area contributed by atoms with Gasteiger partial charge in [-0.3, -0.25) is 4.79 Å². The Labute approximate surface area is 110 Å². The lowest BCUT2D eigenvalue weighted by Gasteiger charge is -2.42. The lowest BCUT2D eigenvalue weighted by molar-refractivity contribution is -0.225. The molecule has 0 spiro atoms. The molecule has 7 heteroatoms. The maximum absolute atomic E-state index is 10.4. The van der Waals surface area contributed by atoms with Gasteiger partial charge in [-0.05, 0) is 5.92 Å². The zero-order valence-corrected chi connectivity index (χ0v) is 11.2. The zero-order valence-electron chi connectivity index (χ0n) is 10.4. The van der Waals surface area contributed by atoms with Gasteiger partial charge in [0, 0.05) is 5.75 Å². The molecule has 106 valence electrons. The number of aliphatic hydroxyl groups is 3. The van der Waals surface area contributed by atoms with E-state index in [2.05, 4.69) is 0 Å². The monoisotopic (exact) mass is 280 g/mol. The minimum Gasteiger partial charge on any atom is -0.481 e. The van der Waals surface area contributed by atoms with Crippen LogP contribution in [0.2, 0.25) is 0 Å². The van der Waals surface area contributed by atoms with E-state index >= 15 is 0 Å². The first-order chi connectivity index (χ1) is 8.34. The van der Waals surface area contributed by atoms with E-state index in [1.165, 1.54) is 0 Å². The first kappa shape index (κ1) is 15.7. The van der Waals surface area contributed by atoms with Crippen molar-refractivity contribution in [3.05, 3.63) is 0 Å². The van der Waals surface area contributed by atoms with Gasteiger partial charge in [0.15, 0.2) is 0 Å². The van der Waals surface area contributed by atoms with E-state index in [-0.39, 0.29) is 17.4 Å². The van der Waals surface area contributed by atoms with Crippen LogP contribution in [-0.4, -0.2) is 68.4 Å². The standard InChI is InChI=1S/C11H20O6S/c1-5(2)11-10(16)9(15)8(14)6(17-11)3-18-4-7(12)13/h5-6,8-11,14-16H,3-4H2,1-2H3,(H,12,13)/t6-,8-,9+,10-,11+/m1/s1. The molecule has 0 amide bonds. The molecule has 18 heavy (non-hydrogen) atoms. The number of aliphatic carboxylic acids is 1. The highest BCUT2D eigenvalue weighted by atomic mass is 32.2. The van der Waals surface area contributed by atoms with Crippen LogP contribution in [0.1, 0.15) is 13.8 Å². The van der Waals surface area contributed by atoms with Crippen LogP contribution < -0.4 is 0 Å². The fourth-order valence-corrected chi connectivity index (χ4v) is 2.73. The number of carboxylic acid groups (broad SMARTS) is 1. The van der Waals surface area contributed by atoms with Crippen LogP contribution in [0, 0.1) is 5.92 Å². The molecular weight excluding hydrogens is 260 g/mol. The minimum atomic E-state index is -1.26. The van der Waals surface area contributed by atoms with Crippen LogP contribution in [0.3, 0.4) is 0 Å². The molecule has 0 aliphatic carbocycles. The molecule has 0 bridgehead atoms. The van der Waals surface area contributed by atoms with Gasteiger partial charge in [0.05, 0.1) is 18.0 Å². The fraction of sp³-hybridized carbons (Fsp3) is 0.909. The van der Waals surface area contributed by atoms with Crippen molar-refractivity contribution in [2.75, 3.05) is 11.5 Å². The molecule has 0 aromatic carbocycles. The van der Waals surface area contributed by atoms with Gasteiger partial charge in [0.2, 0.25) is 0 Å². The van der Waals surface area contributed by atoms with Crippen molar-refractivity contribution >= 4 is 17.7 Å². The molecule has 1 rings (SSSR count). The average Bonchev–Trinajstić information content (AvgIpc) is 2.28. The first-order valence-corrected chi connectivity index (χ1v) is 6.99. The topological polar surface area (TPSA) is 107 Å². The number of carboxylic acids is 1. The highest BCUT2D eigenvalue weighted by Crippen LogP contribution is 2.27. The smallest absolute Gasteiger partial charge is 0.313 e. The molecule has 0 saturated carbocycles. The van der Waals surface area contributed by atoms with E-state index in [0.717, 1.165) is 11.8 Å². The Kier molecular flexibility index (Phi) is 5.87. The summed E-state index contributed by atoms with van der Waals surface area (Å²) in [5.74, 6) is -0.765. The Morgan fingerprint density at radius 1 is 1.22 bits per heavy atom. The van der Waals surface area contributed by atoms with Crippen molar-refractivity contribution < 1.29 is 30.0 Å². The van der Waals surface area contributed by atoms with Gasteiger partial charge in [-0.1, -0.05) is 13.8 Å². The van der Waals surface area contributed by atoms with Crippen LogP contribution in [0.5, 0.6) is 0 Å². The predicted molar refractivity (Wildman–Crippen MR) is 66.5 cm³/mol.